The zero-order valence-corrected chi connectivity index (χ0v) is 14.0. The SMILES string of the molecule is CCCN(CCC)c1ccc(N=Nc2ncc([N+](=O)[O-])s2)cc1. The minimum atomic E-state index is -0.485. The Morgan fingerprint density at radius 1 is 1.17 bits per heavy atom. The highest BCUT2D eigenvalue weighted by atomic mass is 32.1. The van der Waals surface area contributed by atoms with Gasteiger partial charge in [-0.1, -0.05) is 13.8 Å². The smallest absolute Gasteiger partial charge is 0.345 e. The maximum atomic E-state index is 10.6. The van der Waals surface area contributed by atoms with Crippen LogP contribution in [0, 0.1) is 10.1 Å². The first kappa shape index (κ1) is 17.0. The van der Waals surface area contributed by atoms with E-state index in [-0.39, 0.29) is 10.1 Å². The van der Waals surface area contributed by atoms with Crippen LogP contribution in [0.2, 0.25) is 0 Å². The van der Waals surface area contributed by atoms with Gasteiger partial charge in [-0.3, -0.25) is 10.1 Å². The molecule has 0 saturated carbocycles. The van der Waals surface area contributed by atoms with Gasteiger partial charge in [0.05, 0.1) is 10.6 Å². The molecular formula is C15H19N5O2S. The van der Waals surface area contributed by atoms with E-state index in [9.17, 15) is 10.1 Å². The Hall–Kier alpha value is -2.35. The highest BCUT2D eigenvalue weighted by Gasteiger charge is 2.10. The summed E-state index contributed by atoms with van der Waals surface area (Å²) in [6.07, 6.45) is 3.39. The standard InChI is InChI=1S/C15H19N5O2S/c1-3-9-19(10-4-2)13-7-5-12(6-8-13)17-18-15-16-11-14(23-15)20(21)22/h5-8,11H,3-4,9-10H2,1-2H3. The molecule has 0 saturated heterocycles. The first-order chi connectivity index (χ1) is 11.1. The second-order valence-electron chi connectivity index (χ2n) is 4.94. The minimum Gasteiger partial charge on any atom is -0.372 e. The third-order valence-corrected chi connectivity index (χ3v) is 3.95. The molecule has 2 aromatic rings. The Labute approximate surface area is 138 Å². The molecule has 0 N–H and O–H groups in total. The van der Waals surface area contributed by atoms with Gasteiger partial charge in [-0.15, -0.1) is 10.2 Å². The van der Waals surface area contributed by atoms with Gasteiger partial charge >= 0.3 is 5.00 Å². The molecule has 1 aromatic heterocycles. The number of hydrogen-bond acceptors (Lipinski definition) is 7. The fraction of sp³-hybridized carbons (Fsp3) is 0.400. The molecule has 7 nitrogen and oxygen atoms in total. The lowest BCUT2D eigenvalue weighted by Crippen LogP contribution is -2.24. The van der Waals surface area contributed by atoms with E-state index in [4.69, 9.17) is 0 Å². The van der Waals surface area contributed by atoms with Crippen molar-refractivity contribution in [3.8, 4) is 0 Å². The fourth-order valence-corrected chi connectivity index (χ4v) is 2.68. The molecular weight excluding hydrogens is 314 g/mol. The highest BCUT2D eigenvalue weighted by molar-refractivity contribution is 7.18. The van der Waals surface area contributed by atoms with Crippen LogP contribution < -0.4 is 4.90 Å². The van der Waals surface area contributed by atoms with Crippen molar-refractivity contribution in [1.29, 1.82) is 0 Å². The molecule has 1 heterocycles. The highest BCUT2D eigenvalue weighted by Crippen LogP contribution is 2.29. The summed E-state index contributed by atoms with van der Waals surface area (Å²) in [4.78, 5) is 16.3. The zero-order chi connectivity index (χ0) is 16.7. The molecule has 0 radical (unpaired) electrons. The molecule has 0 aliphatic heterocycles. The summed E-state index contributed by atoms with van der Waals surface area (Å²) in [5.74, 6) is 0. The lowest BCUT2D eigenvalue weighted by Gasteiger charge is -2.23. The number of nitro groups is 1. The van der Waals surface area contributed by atoms with Crippen LogP contribution in [0.3, 0.4) is 0 Å². The number of thiazole rings is 1. The molecule has 8 heteroatoms. The van der Waals surface area contributed by atoms with Crippen LogP contribution in [0.5, 0.6) is 0 Å². The summed E-state index contributed by atoms with van der Waals surface area (Å²) in [6.45, 7) is 6.38. The average Bonchev–Trinajstić information content (AvgIpc) is 3.02. The van der Waals surface area contributed by atoms with Gasteiger partial charge in [-0.2, -0.15) is 0 Å². The molecule has 0 aliphatic rings. The normalized spacial score (nSPS) is 11.0. The molecule has 0 amide bonds. The van der Waals surface area contributed by atoms with E-state index >= 15 is 0 Å². The average molecular weight is 333 g/mol. The second kappa shape index (κ2) is 8.33. The minimum absolute atomic E-state index is 0.0379. The van der Waals surface area contributed by atoms with Crippen LogP contribution in [-0.4, -0.2) is 23.0 Å². The van der Waals surface area contributed by atoms with Gasteiger partial charge in [0.2, 0.25) is 5.13 Å². The monoisotopic (exact) mass is 333 g/mol. The van der Waals surface area contributed by atoms with Gasteiger partial charge in [-0.25, -0.2) is 4.98 Å². The Morgan fingerprint density at radius 2 is 1.83 bits per heavy atom. The largest absolute Gasteiger partial charge is 0.372 e. The quantitative estimate of drug-likeness (QED) is 0.382. The molecule has 0 unspecified atom stereocenters. The first-order valence-corrected chi connectivity index (χ1v) is 8.32. The Kier molecular flexibility index (Phi) is 6.16. The van der Waals surface area contributed by atoms with Crippen LogP contribution >= 0.6 is 11.3 Å². The Balaban J connectivity index is 2.06. The molecule has 1 aromatic carbocycles. The first-order valence-electron chi connectivity index (χ1n) is 7.51. The van der Waals surface area contributed by atoms with Gasteiger partial charge < -0.3 is 4.90 Å². The molecule has 2 rings (SSSR count). The molecule has 0 atom stereocenters. The van der Waals surface area contributed by atoms with E-state index in [1.807, 2.05) is 24.3 Å². The van der Waals surface area contributed by atoms with Crippen molar-refractivity contribution < 1.29 is 4.92 Å². The van der Waals surface area contributed by atoms with Crippen LogP contribution in [0.15, 0.2) is 40.7 Å². The van der Waals surface area contributed by atoms with E-state index in [0.29, 0.717) is 5.69 Å². The zero-order valence-electron chi connectivity index (χ0n) is 13.2. The maximum Gasteiger partial charge on any atom is 0.345 e. The van der Waals surface area contributed by atoms with E-state index < -0.39 is 4.92 Å². The van der Waals surface area contributed by atoms with Gasteiger partial charge in [-0.05, 0) is 48.4 Å². The van der Waals surface area contributed by atoms with E-state index in [1.54, 1.807) is 0 Å². The van der Waals surface area contributed by atoms with Crippen LogP contribution in [0.1, 0.15) is 26.7 Å². The van der Waals surface area contributed by atoms with Crippen molar-refractivity contribution in [1.82, 2.24) is 4.98 Å². The summed E-state index contributed by atoms with van der Waals surface area (Å²) in [5, 5.41) is 18.8. The second-order valence-corrected chi connectivity index (χ2v) is 5.93. The van der Waals surface area contributed by atoms with E-state index in [1.165, 1.54) is 6.20 Å². The van der Waals surface area contributed by atoms with Crippen molar-refractivity contribution >= 4 is 32.8 Å². The molecule has 23 heavy (non-hydrogen) atoms. The lowest BCUT2D eigenvalue weighted by molar-refractivity contribution is -0.380. The summed E-state index contributed by atoms with van der Waals surface area (Å²) >= 11 is 0.903. The maximum absolute atomic E-state index is 10.6. The van der Waals surface area contributed by atoms with Crippen molar-refractivity contribution in [3.05, 3.63) is 40.6 Å². The number of aromatic nitrogens is 1. The van der Waals surface area contributed by atoms with Crippen LogP contribution in [-0.2, 0) is 0 Å². The predicted octanol–water partition coefficient (Wildman–Crippen LogP) is 5.09. The Morgan fingerprint density at radius 3 is 2.35 bits per heavy atom. The van der Waals surface area contributed by atoms with Crippen molar-refractivity contribution in [2.24, 2.45) is 10.2 Å². The van der Waals surface area contributed by atoms with Crippen LogP contribution in [0.25, 0.3) is 0 Å². The van der Waals surface area contributed by atoms with E-state index in [2.05, 4.69) is 34.0 Å². The number of anilines is 1. The lowest BCUT2D eigenvalue weighted by atomic mass is 10.2. The van der Waals surface area contributed by atoms with Gasteiger partial charge in [0.25, 0.3) is 0 Å². The summed E-state index contributed by atoms with van der Waals surface area (Å²) in [5.41, 5.74) is 1.86. The number of benzene rings is 1. The summed E-state index contributed by atoms with van der Waals surface area (Å²) < 4.78 is 0. The molecule has 122 valence electrons. The van der Waals surface area contributed by atoms with Gasteiger partial charge in [0.1, 0.15) is 6.20 Å². The van der Waals surface area contributed by atoms with Gasteiger partial charge in [0.15, 0.2) is 0 Å². The van der Waals surface area contributed by atoms with Crippen molar-refractivity contribution in [3.63, 3.8) is 0 Å². The summed E-state index contributed by atoms with van der Waals surface area (Å²) in [6, 6.07) is 7.81. The number of azo groups is 1. The predicted molar refractivity (Wildman–Crippen MR) is 92.2 cm³/mol. The molecule has 0 aliphatic carbocycles. The number of hydrogen-bond donors (Lipinski definition) is 0. The summed E-state index contributed by atoms with van der Waals surface area (Å²) in [7, 11) is 0. The van der Waals surface area contributed by atoms with Crippen molar-refractivity contribution in [2.45, 2.75) is 26.7 Å². The fourth-order valence-electron chi connectivity index (χ4n) is 2.13. The van der Waals surface area contributed by atoms with Crippen molar-refractivity contribution in [2.75, 3.05) is 18.0 Å². The third-order valence-electron chi connectivity index (χ3n) is 3.11. The topological polar surface area (TPSA) is 84.0 Å². The number of rotatable bonds is 8. The molecule has 0 fully saturated rings. The Bertz CT molecular complexity index is 663. The third kappa shape index (κ3) is 4.82. The van der Waals surface area contributed by atoms with Crippen LogP contribution in [0.4, 0.5) is 21.5 Å². The molecule has 0 spiro atoms. The van der Waals surface area contributed by atoms with Gasteiger partial charge in [0, 0.05) is 18.8 Å². The number of nitrogens with zero attached hydrogens (tertiary/aromatic N) is 5. The van der Waals surface area contributed by atoms with E-state index in [0.717, 1.165) is 43.0 Å². The molecule has 0 bridgehead atoms.